The molecule has 0 unspecified atom stereocenters. The summed E-state index contributed by atoms with van der Waals surface area (Å²) in [6, 6.07) is 7.89. The second kappa shape index (κ2) is 5.36. The van der Waals surface area contributed by atoms with Gasteiger partial charge in [-0.05, 0) is 18.2 Å². The van der Waals surface area contributed by atoms with E-state index in [4.69, 9.17) is 11.6 Å². The third kappa shape index (κ3) is 2.44. The normalized spacial score (nSPS) is 11.0. The first kappa shape index (κ1) is 12.1. The van der Waals surface area contributed by atoms with Crippen LogP contribution in [-0.2, 0) is 13.0 Å². The Bertz CT molecular complexity index is 678. The molecule has 3 aromatic heterocycles. The summed E-state index contributed by atoms with van der Waals surface area (Å²) in [6.45, 7) is 0.702. The average Bonchev–Trinajstić information content (AvgIpc) is 2.79. The predicted octanol–water partition coefficient (Wildman–Crippen LogP) is 2.66. The third-order valence-electron chi connectivity index (χ3n) is 2.99. The first-order valence-corrected chi connectivity index (χ1v) is 6.67. The molecule has 0 aromatic carbocycles. The topological polar surface area (TPSA) is 43.6 Å². The maximum atomic E-state index is 5.85. The number of imidazole rings is 1. The zero-order valence-corrected chi connectivity index (χ0v) is 11.1. The number of rotatable bonds is 4. The van der Waals surface area contributed by atoms with E-state index in [0.29, 0.717) is 12.4 Å². The average molecular weight is 273 g/mol. The first-order chi connectivity index (χ1) is 9.38. The van der Waals surface area contributed by atoms with Gasteiger partial charge in [0.25, 0.3) is 0 Å². The number of aryl methyl sites for hydroxylation is 1. The molecular formula is C14H13ClN4. The summed E-state index contributed by atoms with van der Waals surface area (Å²) in [5.74, 6) is 1.53. The summed E-state index contributed by atoms with van der Waals surface area (Å²) in [5, 5.41) is 0. The van der Waals surface area contributed by atoms with Gasteiger partial charge < -0.3 is 4.57 Å². The first-order valence-electron chi connectivity index (χ1n) is 6.13. The molecular weight excluding hydrogens is 260 g/mol. The Labute approximate surface area is 116 Å². The van der Waals surface area contributed by atoms with Gasteiger partial charge in [0.1, 0.15) is 11.3 Å². The minimum Gasteiger partial charge on any atom is -0.322 e. The summed E-state index contributed by atoms with van der Waals surface area (Å²) < 4.78 is 2.15. The van der Waals surface area contributed by atoms with Crippen molar-refractivity contribution in [2.45, 2.75) is 13.0 Å². The highest BCUT2D eigenvalue weighted by molar-refractivity contribution is 6.17. The Morgan fingerprint density at radius 2 is 2.11 bits per heavy atom. The highest BCUT2D eigenvalue weighted by Crippen LogP contribution is 2.17. The van der Waals surface area contributed by atoms with E-state index >= 15 is 0 Å². The fourth-order valence-corrected chi connectivity index (χ4v) is 2.31. The van der Waals surface area contributed by atoms with Gasteiger partial charge in [0, 0.05) is 24.7 Å². The lowest BCUT2D eigenvalue weighted by Crippen LogP contribution is -2.07. The smallest absolute Gasteiger partial charge is 0.111 e. The van der Waals surface area contributed by atoms with E-state index in [9.17, 15) is 0 Å². The molecule has 19 heavy (non-hydrogen) atoms. The molecule has 3 aromatic rings. The maximum Gasteiger partial charge on any atom is 0.111 e. The zero-order valence-electron chi connectivity index (χ0n) is 10.3. The summed E-state index contributed by atoms with van der Waals surface area (Å²) in [5.41, 5.74) is 2.98. The molecule has 0 N–H and O–H groups in total. The molecule has 0 spiro atoms. The van der Waals surface area contributed by atoms with Crippen LogP contribution >= 0.6 is 11.6 Å². The van der Waals surface area contributed by atoms with E-state index in [1.165, 1.54) is 0 Å². The van der Waals surface area contributed by atoms with Crippen molar-refractivity contribution in [2.24, 2.45) is 0 Å². The van der Waals surface area contributed by atoms with E-state index in [1.807, 2.05) is 24.3 Å². The summed E-state index contributed by atoms with van der Waals surface area (Å²) in [6.07, 6.45) is 6.10. The molecule has 96 valence electrons. The molecule has 0 fully saturated rings. The van der Waals surface area contributed by atoms with E-state index in [1.54, 1.807) is 18.6 Å². The van der Waals surface area contributed by atoms with Gasteiger partial charge in [-0.2, -0.15) is 0 Å². The number of fused-ring (bicyclic) bond motifs is 1. The van der Waals surface area contributed by atoms with Crippen LogP contribution in [0.1, 0.15) is 11.5 Å². The molecule has 4 nitrogen and oxygen atoms in total. The molecule has 0 bridgehead atoms. The number of nitrogens with zero attached hydrogens (tertiary/aromatic N) is 4. The van der Waals surface area contributed by atoms with Gasteiger partial charge in [0.2, 0.25) is 0 Å². The fraction of sp³-hybridized carbons (Fsp3) is 0.214. The molecule has 0 saturated heterocycles. The lowest BCUT2D eigenvalue weighted by Gasteiger charge is -2.07. The Morgan fingerprint density at radius 3 is 2.89 bits per heavy atom. The van der Waals surface area contributed by atoms with Crippen molar-refractivity contribution in [3.8, 4) is 0 Å². The standard InChI is InChI=1S/C14H13ClN4/c15-6-4-14-18-12-9-16-8-5-13(12)19(14)10-11-3-1-2-7-17-11/h1-3,5,7-9H,4,6,10H2. The number of hydrogen-bond acceptors (Lipinski definition) is 3. The lowest BCUT2D eigenvalue weighted by atomic mass is 10.3. The summed E-state index contributed by atoms with van der Waals surface area (Å²) in [7, 11) is 0. The molecule has 0 atom stereocenters. The molecule has 3 rings (SSSR count). The van der Waals surface area contributed by atoms with Crippen molar-refractivity contribution in [3.63, 3.8) is 0 Å². The highest BCUT2D eigenvalue weighted by atomic mass is 35.5. The van der Waals surface area contributed by atoms with Crippen molar-refractivity contribution < 1.29 is 0 Å². The van der Waals surface area contributed by atoms with Gasteiger partial charge in [0.05, 0.1) is 24.0 Å². The van der Waals surface area contributed by atoms with E-state index in [-0.39, 0.29) is 0 Å². The van der Waals surface area contributed by atoms with Gasteiger partial charge in [-0.1, -0.05) is 6.07 Å². The number of alkyl halides is 1. The van der Waals surface area contributed by atoms with Crippen molar-refractivity contribution in [2.75, 3.05) is 5.88 Å². The summed E-state index contributed by atoms with van der Waals surface area (Å²) in [4.78, 5) is 13.1. The van der Waals surface area contributed by atoms with Gasteiger partial charge in [0.15, 0.2) is 0 Å². The van der Waals surface area contributed by atoms with Crippen LogP contribution in [0.2, 0.25) is 0 Å². The molecule has 5 heteroatoms. The second-order valence-electron chi connectivity index (χ2n) is 4.24. The van der Waals surface area contributed by atoms with Crippen molar-refractivity contribution >= 4 is 22.6 Å². The van der Waals surface area contributed by atoms with Crippen molar-refractivity contribution in [3.05, 3.63) is 54.4 Å². The quantitative estimate of drug-likeness (QED) is 0.686. The summed E-state index contributed by atoms with van der Waals surface area (Å²) >= 11 is 5.85. The van der Waals surface area contributed by atoms with Crippen LogP contribution in [-0.4, -0.2) is 25.4 Å². The Hall–Kier alpha value is -1.94. The second-order valence-corrected chi connectivity index (χ2v) is 4.62. The Morgan fingerprint density at radius 1 is 1.16 bits per heavy atom. The fourth-order valence-electron chi connectivity index (χ4n) is 2.14. The highest BCUT2D eigenvalue weighted by Gasteiger charge is 2.10. The van der Waals surface area contributed by atoms with Gasteiger partial charge in [-0.25, -0.2) is 4.98 Å². The van der Waals surface area contributed by atoms with E-state index < -0.39 is 0 Å². The Balaban J connectivity index is 2.07. The largest absolute Gasteiger partial charge is 0.322 e. The Kier molecular flexibility index (Phi) is 3.42. The molecule has 3 heterocycles. The predicted molar refractivity (Wildman–Crippen MR) is 75.3 cm³/mol. The van der Waals surface area contributed by atoms with Crippen LogP contribution in [0, 0.1) is 0 Å². The molecule has 0 amide bonds. The molecule has 0 aliphatic rings. The minimum atomic E-state index is 0.555. The number of hydrogen-bond donors (Lipinski definition) is 0. The monoisotopic (exact) mass is 272 g/mol. The molecule has 0 aliphatic heterocycles. The van der Waals surface area contributed by atoms with Gasteiger partial charge in [-0.15, -0.1) is 11.6 Å². The molecule has 0 saturated carbocycles. The van der Waals surface area contributed by atoms with Crippen LogP contribution in [0.4, 0.5) is 0 Å². The van der Waals surface area contributed by atoms with Crippen molar-refractivity contribution in [1.82, 2.24) is 19.5 Å². The number of pyridine rings is 2. The van der Waals surface area contributed by atoms with Crippen LogP contribution in [0.5, 0.6) is 0 Å². The van der Waals surface area contributed by atoms with Crippen molar-refractivity contribution in [1.29, 1.82) is 0 Å². The SMILES string of the molecule is ClCCc1nc2cnccc2n1Cc1ccccn1. The van der Waals surface area contributed by atoms with Crippen LogP contribution in [0.15, 0.2) is 42.9 Å². The lowest BCUT2D eigenvalue weighted by molar-refractivity contribution is 0.738. The van der Waals surface area contributed by atoms with Crippen LogP contribution in [0.3, 0.4) is 0 Å². The minimum absolute atomic E-state index is 0.555. The maximum absolute atomic E-state index is 5.85. The molecule has 0 radical (unpaired) electrons. The zero-order chi connectivity index (χ0) is 13.1. The van der Waals surface area contributed by atoms with Crippen LogP contribution in [0.25, 0.3) is 11.0 Å². The van der Waals surface area contributed by atoms with Gasteiger partial charge >= 0.3 is 0 Å². The van der Waals surface area contributed by atoms with Crippen LogP contribution < -0.4 is 0 Å². The van der Waals surface area contributed by atoms with Gasteiger partial charge in [-0.3, -0.25) is 9.97 Å². The van der Waals surface area contributed by atoms with E-state index in [0.717, 1.165) is 29.0 Å². The van der Waals surface area contributed by atoms with E-state index in [2.05, 4.69) is 19.5 Å². The number of halogens is 1. The number of aromatic nitrogens is 4. The third-order valence-corrected chi connectivity index (χ3v) is 3.18. The molecule has 0 aliphatic carbocycles.